The molecular weight excluding hydrogens is 462 g/mol. The summed E-state index contributed by atoms with van der Waals surface area (Å²) < 4.78 is 0. The number of carbonyl (C=O) groups excluding carboxylic acids is 2. The highest BCUT2D eigenvalue weighted by Crippen LogP contribution is 2.22. The molecule has 1 saturated carbocycles. The second-order valence-electron chi connectivity index (χ2n) is 10.7. The number of anilines is 1. The average molecular weight is 510 g/mol. The van der Waals surface area contributed by atoms with Crippen molar-refractivity contribution in [3.05, 3.63) is 59.2 Å². The van der Waals surface area contributed by atoms with Crippen molar-refractivity contribution in [1.29, 1.82) is 0 Å². The van der Waals surface area contributed by atoms with E-state index in [0.29, 0.717) is 12.5 Å². The summed E-state index contributed by atoms with van der Waals surface area (Å²) in [5.74, 6) is 1.35. The summed E-state index contributed by atoms with van der Waals surface area (Å²) in [7, 11) is 1.78. The fourth-order valence-corrected chi connectivity index (χ4v) is 4.80. The lowest BCUT2D eigenvalue weighted by Gasteiger charge is -2.32. The first-order valence-corrected chi connectivity index (χ1v) is 13.7. The molecule has 0 aromatic heterocycles. The van der Waals surface area contributed by atoms with E-state index in [2.05, 4.69) is 43.1 Å². The molecule has 1 aliphatic heterocycles. The standard InChI is InChI=1S/C15H23N3O.C9H10O2.C7H14/c1-12-8-15(17(3)11-19)5-4-14(12)10-18-7-6-16-13(2)9-18;1-7(10)5-8-3-2-4-9(11)6-8;1-7-5-3-2-4-6-7/h4-5,8,11,13,16H,6-7,9-10H2,1-3H3;2-4,6,11H,5H2,1H3;7H,2-6H2,1H3. The molecule has 4 rings (SSSR count). The summed E-state index contributed by atoms with van der Waals surface area (Å²) in [4.78, 5) is 25.5. The molecule has 0 bridgehead atoms. The molecule has 6 heteroatoms. The molecule has 1 heterocycles. The van der Waals surface area contributed by atoms with Crippen LogP contribution in [0.25, 0.3) is 0 Å². The number of piperazine rings is 1. The van der Waals surface area contributed by atoms with Crippen molar-refractivity contribution in [2.75, 3.05) is 31.6 Å². The molecule has 2 fully saturated rings. The van der Waals surface area contributed by atoms with Gasteiger partial charge in [-0.15, -0.1) is 0 Å². The van der Waals surface area contributed by atoms with Gasteiger partial charge in [-0.25, -0.2) is 0 Å². The maximum absolute atomic E-state index is 10.8. The Hall–Kier alpha value is -2.70. The van der Waals surface area contributed by atoms with E-state index in [1.807, 2.05) is 12.1 Å². The van der Waals surface area contributed by atoms with Gasteiger partial charge in [0.05, 0.1) is 0 Å². The molecule has 1 unspecified atom stereocenters. The quantitative estimate of drug-likeness (QED) is 0.504. The number of hydrogen-bond acceptors (Lipinski definition) is 5. The summed E-state index contributed by atoms with van der Waals surface area (Å²) in [6, 6.07) is 13.5. The Bertz CT molecular complexity index is 972. The number of aromatic hydroxyl groups is 1. The van der Waals surface area contributed by atoms with Crippen LogP contribution in [0.2, 0.25) is 0 Å². The highest BCUT2D eigenvalue weighted by atomic mass is 16.3. The van der Waals surface area contributed by atoms with Crippen LogP contribution in [0.1, 0.15) is 69.6 Å². The van der Waals surface area contributed by atoms with E-state index in [1.165, 1.54) is 50.2 Å². The normalized spacial score (nSPS) is 18.0. The number of carbonyl (C=O) groups is 2. The van der Waals surface area contributed by atoms with Crippen molar-refractivity contribution in [2.45, 2.75) is 78.8 Å². The first kappa shape index (κ1) is 30.5. The number of phenolic OH excluding ortho intramolecular Hbond substituents is 1. The van der Waals surface area contributed by atoms with Gasteiger partial charge in [0.2, 0.25) is 6.41 Å². The fourth-order valence-electron chi connectivity index (χ4n) is 4.80. The van der Waals surface area contributed by atoms with Gasteiger partial charge in [-0.05, 0) is 67.6 Å². The van der Waals surface area contributed by atoms with Crippen molar-refractivity contribution < 1.29 is 14.7 Å². The van der Waals surface area contributed by atoms with Crippen molar-refractivity contribution in [1.82, 2.24) is 10.2 Å². The third-order valence-corrected chi connectivity index (χ3v) is 7.00. The first-order valence-electron chi connectivity index (χ1n) is 13.7. The van der Waals surface area contributed by atoms with Crippen LogP contribution < -0.4 is 10.2 Å². The summed E-state index contributed by atoms with van der Waals surface area (Å²) >= 11 is 0. The van der Waals surface area contributed by atoms with E-state index < -0.39 is 0 Å². The summed E-state index contributed by atoms with van der Waals surface area (Å²) in [5.41, 5.74) is 4.40. The Morgan fingerprint density at radius 3 is 2.41 bits per heavy atom. The largest absolute Gasteiger partial charge is 0.508 e. The maximum Gasteiger partial charge on any atom is 0.213 e. The van der Waals surface area contributed by atoms with E-state index >= 15 is 0 Å². The zero-order chi connectivity index (χ0) is 27.2. The molecule has 2 aliphatic rings. The van der Waals surface area contributed by atoms with Gasteiger partial charge < -0.3 is 15.3 Å². The lowest BCUT2D eigenvalue weighted by molar-refractivity contribution is -0.116. The van der Waals surface area contributed by atoms with Crippen LogP contribution in [0, 0.1) is 12.8 Å². The molecular formula is C31H47N3O3. The predicted molar refractivity (Wildman–Crippen MR) is 153 cm³/mol. The van der Waals surface area contributed by atoms with E-state index in [0.717, 1.165) is 49.8 Å². The van der Waals surface area contributed by atoms with Crippen molar-refractivity contribution in [3.63, 3.8) is 0 Å². The molecule has 37 heavy (non-hydrogen) atoms. The molecule has 6 nitrogen and oxygen atoms in total. The number of nitrogens with zero attached hydrogens (tertiary/aromatic N) is 2. The number of rotatable bonds is 6. The van der Waals surface area contributed by atoms with Gasteiger partial charge in [-0.2, -0.15) is 0 Å². The van der Waals surface area contributed by atoms with E-state index in [9.17, 15) is 9.59 Å². The molecule has 0 spiro atoms. The second-order valence-corrected chi connectivity index (χ2v) is 10.7. The molecule has 2 N–H and O–H groups in total. The number of hydrogen-bond donors (Lipinski definition) is 2. The van der Waals surface area contributed by atoms with Crippen LogP contribution in [-0.2, 0) is 22.6 Å². The van der Waals surface area contributed by atoms with E-state index in [1.54, 1.807) is 30.1 Å². The monoisotopic (exact) mass is 509 g/mol. The predicted octanol–water partition coefficient (Wildman–Crippen LogP) is 5.49. The lowest BCUT2D eigenvalue weighted by atomic mass is 9.91. The third kappa shape index (κ3) is 11.9. The number of ketones is 1. The van der Waals surface area contributed by atoms with Crippen LogP contribution in [0.3, 0.4) is 0 Å². The molecule has 1 atom stereocenters. The summed E-state index contributed by atoms with van der Waals surface area (Å²) in [6.45, 7) is 12.5. The first-order chi connectivity index (χ1) is 17.7. The topological polar surface area (TPSA) is 72.9 Å². The zero-order valence-corrected chi connectivity index (χ0v) is 23.5. The van der Waals surface area contributed by atoms with E-state index in [4.69, 9.17) is 5.11 Å². The molecule has 2 aromatic carbocycles. The minimum absolute atomic E-state index is 0.107. The Balaban J connectivity index is 0.000000224. The smallest absolute Gasteiger partial charge is 0.213 e. The van der Waals surface area contributed by atoms with Crippen molar-refractivity contribution in [3.8, 4) is 5.75 Å². The van der Waals surface area contributed by atoms with E-state index in [-0.39, 0.29) is 11.5 Å². The summed E-state index contributed by atoms with van der Waals surface area (Å²) in [5, 5.41) is 12.5. The number of phenols is 1. The SMILES string of the molecule is CC(=O)Cc1cccc(O)c1.CC1CCCCC1.Cc1cc(N(C)C=O)ccc1CN1CCNC(C)C1. The zero-order valence-electron chi connectivity index (χ0n) is 23.5. The number of Topliss-reactive ketones (excluding diaryl/α,β-unsaturated/α-hetero) is 1. The van der Waals surface area contributed by atoms with Crippen LogP contribution in [0.15, 0.2) is 42.5 Å². The number of benzene rings is 2. The Morgan fingerprint density at radius 2 is 1.86 bits per heavy atom. The van der Waals surface area contributed by atoms with Gasteiger partial charge in [-0.1, -0.05) is 57.2 Å². The molecule has 0 radical (unpaired) electrons. The van der Waals surface area contributed by atoms with Gasteiger partial charge in [0, 0.05) is 51.4 Å². The van der Waals surface area contributed by atoms with Gasteiger partial charge >= 0.3 is 0 Å². The van der Waals surface area contributed by atoms with Crippen LogP contribution in [-0.4, -0.2) is 54.9 Å². The van der Waals surface area contributed by atoms with Gasteiger partial charge in [0.25, 0.3) is 0 Å². The van der Waals surface area contributed by atoms with Gasteiger partial charge in [-0.3, -0.25) is 14.5 Å². The van der Waals surface area contributed by atoms with Crippen molar-refractivity contribution in [2.24, 2.45) is 5.92 Å². The minimum Gasteiger partial charge on any atom is -0.508 e. The van der Waals surface area contributed by atoms with Crippen LogP contribution in [0.4, 0.5) is 5.69 Å². The highest BCUT2D eigenvalue weighted by Gasteiger charge is 2.16. The minimum atomic E-state index is 0.107. The molecule has 1 amide bonds. The molecule has 2 aromatic rings. The lowest BCUT2D eigenvalue weighted by Crippen LogP contribution is -2.48. The summed E-state index contributed by atoms with van der Waals surface area (Å²) in [6.07, 6.45) is 8.67. The van der Waals surface area contributed by atoms with Crippen LogP contribution in [0.5, 0.6) is 5.75 Å². The molecule has 1 saturated heterocycles. The van der Waals surface area contributed by atoms with Crippen molar-refractivity contribution >= 4 is 17.9 Å². The Labute approximate surface area is 224 Å². The maximum atomic E-state index is 10.8. The second kappa shape index (κ2) is 16.2. The van der Waals surface area contributed by atoms with Crippen LogP contribution >= 0.6 is 0 Å². The number of amides is 1. The fraction of sp³-hybridized carbons (Fsp3) is 0.548. The molecule has 204 valence electrons. The number of aryl methyl sites for hydroxylation is 1. The van der Waals surface area contributed by atoms with Gasteiger partial charge in [0.15, 0.2) is 0 Å². The molecule has 1 aliphatic carbocycles. The average Bonchev–Trinajstić information content (AvgIpc) is 2.86. The highest BCUT2D eigenvalue weighted by molar-refractivity contribution is 5.78. The third-order valence-electron chi connectivity index (χ3n) is 7.00. The Morgan fingerprint density at radius 1 is 1.14 bits per heavy atom. The number of nitrogens with one attached hydrogen (secondary N) is 1. The van der Waals surface area contributed by atoms with Gasteiger partial charge in [0.1, 0.15) is 11.5 Å². The Kier molecular flexibility index (Phi) is 13.4.